The van der Waals surface area contributed by atoms with Crippen molar-refractivity contribution in [3.63, 3.8) is 0 Å². The van der Waals surface area contributed by atoms with Crippen molar-refractivity contribution in [2.75, 3.05) is 10.6 Å². The molecule has 0 aliphatic carbocycles. The molecule has 1 aromatic carbocycles. The predicted octanol–water partition coefficient (Wildman–Crippen LogP) is 3.99. The second kappa shape index (κ2) is 9.00. The summed E-state index contributed by atoms with van der Waals surface area (Å²) in [4.78, 5) is 25.4. The summed E-state index contributed by atoms with van der Waals surface area (Å²) in [6.07, 6.45) is 4.72. The largest absolute Gasteiger partial charge is 0.362 e. The molecule has 4 rings (SSSR count). The molecule has 33 heavy (non-hydrogen) atoms. The van der Waals surface area contributed by atoms with E-state index in [9.17, 15) is 9.18 Å². The van der Waals surface area contributed by atoms with Crippen LogP contribution in [0.4, 0.5) is 15.9 Å². The molecule has 0 aliphatic rings. The summed E-state index contributed by atoms with van der Waals surface area (Å²) in [7, 11) is 0. The van der Waals surface area contributed by atoms with Gasteiger partial charge in [0.15, 0.2) is 0 Å². The minimum absolute atomic E-state index is 0.262. The number of hydrogen-bond donors (Lipinski definition) is 2. The van der Waals surface area contributed by atoms with Gasteiger partial charge in [-0.2, -0.15) is 10.4 Å². The Bertz CT molecular complexity index is 1390. The first-order chi connectivity index (χ1) is 15.9. The predicted molar refractivity (Wildman–Crippen MR) is 121 cm³/mol. The number of fused-ring (bicyclic) bond motifs is 1. The van der Waals surface area contributed by atoms with Gasteiger partial charge in [0.2, 0.25) is 5.65 Å². The fourth-order valence-electron chi connectivity index (χ4n) is 3.35. The molecule has 0 fully saturated rings. The van der Waals surface area contributed by atoms with E-state index in [1.54, 1.807) is 36.9 Å². The highest BCUT2D eigenvalue weighted by Gasteiger charge is 2.15. The fraction of sp³-hybridized carbons (Fsp3) is 0.217. The summed E-state index contributed by atoms with van der Waals surface area (Å²) in [5.41, 5.74) is 3.13. The Labute approximate surface area is 189 Å². The molecule has 0 unspecified atom stereocenters. The molecule has 0 radical (unpaired) electrons. The van der Waals surface area contributed by atoms with Crippen molar-refractivity contribution in [3.8, 4) is 6.07 Å². The average molecular weight is 444 g/mol. The van der Waals surface area contributed by atoms with Crippen molar-refractivity contribution in [1.82, 2.24) is 24.7 Å². The monoisotopic (exact) mass is 444 g/mol. The van der Waals surface area contributed by atoms with Gasteiger partial charge in [-0.15, -0.1) is 0 Å². The Kier molecular flexibility index (Phi) is 5.95. The lowest BCUT2D eigenvalue weighted by Gasteiger charge is -2.17. The van der Waals surface area contributed by atoms with Gasteiger partial charge in [-0.3, -0.25) is 9.48 Å². The minimum atomic E-state index is -0.458. The van der Waals surface area contributed by atoms with E-state index >= 15 is 0 Å². The van der Waals surface area contributed by atoms with Crippen LogP contribution in [0, 0.1) is 24.1 Å². The van der Waals surface area contributed by atoms with E-state index in [1.807, 2.05) is 19.2 Å². The molecular formula is C23H21FN8O. The van der Waals surface area contributed by atoms with E-state index in [0.29, 0.717) is 45.9 Å². The Morgan fingerprint density at radius 2 is 2.09 bits per heavy atom. The molecule has 0 saturated heterocycles. The SMILES string of the molecule is CCn1cc2ncc(N[C@@H](C)c3cc(NC(=O)c4cnc(C#N)c(C)c4)ccc3F)nc2n1. The Morgan fingerprint density at radius 3 is 2.82 bits per heavy atom. The van der Waals surface area contributed by atoms with Crippen LogP contribution in [-0.4, -0.2) is 30.6 Å². The third-order valence-electron chi connectivity index (χ3n) is 5.13. The number of aryl methyl sites for hydroxylation is 2. The quantitative estimate of drug-likeness (QED) is 0.461. The number of carbonyl (C=O) groups excluding carboxylic acids is 1. The zero-order valence-corrected chi connectivity index (χ0v) is 18.3. The van der Waals surface area contributed by atoms with Gasteiger partial charge in [-0.25, -0.2) is 19.3 Å². The van der Waals surface area contributed by atoms with E-state index in [2.05, 4.69) is 30.7 Å². The van der Waals surface area contributed by atoms with Gasteiger partial charge >= 0.3 is 0 Å². The number of amides is 1. The van der Waals surface area contributed by atoms with Crippen LogP contribution < -0.4 is 10.6 Å². The normalized spacial score (nSPS) is 11.7. The summed E-state index contributed by atoms with van der Waals surface area (Å²) in [5.74, 6) is -0.367. The molecule has 0 bridgehead atoms. The maximum Gasteiger partial charge on any atom is 0.257 e. The average Bonchev–Trinajstić information content (AvgIpc) is 3.22. The van der Waals surface area contributed by atoms with Crippen LogP contribution in [-0.2, 0) is 6.54 Å². The van der Waals surface area contributed by atoms with Crippen molar-refractivity contribution in [2.24, 2.45) is 0 Å². The van der Waals surface area contributed by atoms with Crippen molar-refractivity contribution in [2.45, 2.75) is 33.4 Å². The topological polar surface area (TPSA) is 121 Å². The number of nitriles is 1. The summed E-state index contributed by atoms with van der Waals surface area (Å²) in [6, 6.07) is 7.43. The van der Waals surface area contributed by atoms with Gasteiger partial charge in [0, 0.05) is 24.0 Å². The van der Waals surface area contributed by atoms with Gasteiger partial charge in [-0.05, 0) is 50.6 Å². The van der Waals surface area contributed by atoms with Crippen LogP contribution in [0.15, 0.2) is 42.9 Å². The number of nitrogens with one attached hydrogen (secondary N) is 2. The zero-order chi connectivity index (χ0) is 23.5. The number of aromatic nitrogens is 5. The van der Waals surface area contributed by atoms with Crippen molar-refractivity contribution >= 4 is 28.6 Å². The molecule has 9 nitrogen and oxygen atoms in total. The second-order valence-corrected chi connectivity index (χ2v) is 7.51. The highest BCUT2D eigenvalue weighted by Crippen LogP contribution is 2.25. The third-order valence-corrected chi connectivity index (χ3v) is 5.13. The second-order valence-electron chi connectivity index (χ2n) is 7.51. The number of rotatable bonds is 6. The first kappa shape index (κ1) is 21.8. The van der Waals surface area contributed by atoms with Gasteiger partial charge in [0.25, 0.3) is 5.91 Å². The molecule has 166 valence electrons. The number of hydrogen-bond acceptors (Lipinski definition) is 7. The molecular weight excluding hydrogens is 423 g/mol. The van der Waals surface area contributed by atoms with E-state index in [4.69, 9.17) is 5.26 Å². The number of benzene rings is 1. The number of pyridine rings is 1. The molecule has 1 amide bonds. The van der Waals surface area contributed by atoms with E-state index in [1.165, 1.54) is 18.3 Å². The molecule has 10 heteroatoms. The maximum absolute atomic E-state index is 14.6. The fourth-order valence-corrected chi connectivity index (χ4v) is 3.35. The summed E-state index contributed by atoms with van der Waals surface area (Å²) in [5, 5.41) is 19.2. The lowest BCUT2D eigenvalue weighted by atomic mass is 10.1. The van der Waals surface area contributed by atoms with Crippen LogP contribution in [0.3, 0.4) is 0 Å². The molecule has 0 spiro atoms. The molecule has 4 aromatic rings. The lowest BCUT2D eigenvalue weighted by molar-refractivity contribution is 0.102. The Morgan fingerprint density at radius 1 is 1.27 bits per heavy atom. The van der Waals surface area contributed by atoms with Crippen LogP contribution in [0.1, 0.15) is 47.1 Å². The van der Waals surface area contributed by atoms with E-state index in [0.717, 1.165) is 0 Å². The first-order valence-electron chi connectivity index (χ1n) is 10.3. The standard InChI is InChI=1S/C23H21FN8O/c1-4-32-12-20-22(31-32)30-21(11-27-20)28-14(3)17-8-16(5-6-18(17)24)29-23(33)15-7-13(2)19(9-25)26-10-15/h5-8,10-12,14H,4H2,1-3H3,(H,29,33)(H,28,30,31)/t14-/m0/s1. The number of nitrogens with zero attached hydrogens (tertiary/aromatic N) is 6. The van der Waals surface area contributed by atoms with Crippen LogP contribution in [0.5, 0.6) is 0 Å². The van der Waals surface area contributed by atoms with Gasteiger partial charge < -0.3 is 10.6 Å². The third kappa shape index (κ3) is 4.62. The highest BCUT2D eigenvalue weighted by atomic mass is 19.1. The Hall–Kier alpha value is -4.39. The maximum atomic E-state index is 14.6. The van der Waals surface area contributed by atoms with Crippen molar-refractivity contribution in [3.05, 3.63) is 71.1 Å². The summed E-state index contributed by atoms with van der Waals surface area (Å²) < 4.78 is 16.3. The number of halogens is 1. The highest BCUT2D eigenvalue weighted by molar-refractivity contribution is 6.04. The smallest absolute Gasteiger partial charge is 0.257 e. The zero-order valence-electron chi connectivity index (χ0n) is 18.3. The van der Waals surface area contributed by atoms with Crippen LogP contribution >= 0.6 is 0 Å². The van der Waals surface area contributed by atoms with E-state index < -0.39 is 17.8 Å². The molecule has 1 atom stereocenters. The van der Waals surface area contributed by atoms with Gasteiger partial charge in [-0.1, -0.05) is 0 Å². The van der Waals surface area contributed by atoms with Gasteiger partial charge in [0.1, 0.15) is 28.9 Å². The number of anilines is 2. The molecule has 3 heterocycles. The summed E-state index contributed by atoms with van der Waals surface area (Å²) >= 11 is 0. The molecule has 2 N–H and O–H groups in total. The minimum Gasteiger partial charge on any atom is -0.362 e. The van der Waals surface area contributed by atoms with Crippen LogP contribution in [0.2, 0.25) is 0 Å². The Balaban J connectivity index is 1.52. The molecule has 3 aromatic heterocycles. The molecule has 0 aliphatic heterocycles. The molecule has 0 saturated carbocycles. The van der Waals surface area contributed by atoms with Crippen molar-refractivity contribution in [1.29, 1.82) is 5.26 Å². The first-order valence-corrected chi connectivity index (χ1v) is 10.3. The van der Waals surface area contributed by atoms with Gasteiger partial charge in [0.05, 0.1) is 24.0 Å². The lowest BCUT2D eigenvalue weighted by Crippen LogP contribution is -2.15. The summed E-state index contributed by atoms with van der Waals surface area (Å²) in [6.45, 7) is 6.17. The van der Waals surface area contributed by atoms with E-state index in [-0.39, 0.29) is 5.69 Å². The van der Waals surface area contributed by atoms with Crippen LogP contribution in [0.25, 0.3) is 11.2 Å². The van der Waals surface area contributed by atoms with Crippen molar-refractivity contribution < 1.29 is 9.18 Å². The number of carbonyl (C=O) groups is 1.